The summed E-state index contributed by atoms with van der Waals surface area (Å²) >= 11 is 12.2. The first-order valence-electron chi connectivity index (χ1n) is 6.92. The zero-order chi connectivity index (χ0) is 14.1. The minimum absolute atomic E-state index is 0.364. The molecule has 0 fully saturated rings. The molecule has 0 spiro atoms. The lowest BCUT2D eigenvalue weighted by Gasteiger charge is -2.31. The molecule has 0 radical (unpaired) electrons. The Morgan fingerprint density at radius 3 is 2.60 bits per heavy atom. The van der Waals surface area contributed by atoms with E-state index in [0.717, 1.165) is 19.4 Å². The molecule has 0 amide bonds. The third-order valence-corrected chi connectivity index (χ3v) is 4.93. The second-order valence-electron chi connectivity index (χ2n) is 5.47. The maximum atomic E-state index is 6.17. The van der Waals surface area contributed by atoms with Gasteiger partial charge in [-0.15, -0.1) is 0 Å². The maximum absolute atomic E-state index is 6.17. The van der Waals surface area contributed by atoms with Gasteiger partial charge in [0.05, 0.1) is 10.0 Å². The Kier molecular flexibility index (Phi) is 4.02. The first kappa shape index (κ1) is 13.9. The summed E-state index contributed by atoms with van der Waals surface area (Å²) < 4.78 is 0. The normalized spacial score (nSPS) is 21.6. The van der Waals surface area contributed by atoms with E-state index < -0.39 is 0 Å². The Morgan fingerprint density at radius 1 is 1.05 bits per heavy atom. The van der Waals surface area contributed by atoms with Crippen LogP contribution in [0, 0.1) is 5.92 Å². The summed E-state index contributed by atoms with van der Waals surface area (Å²) in [5, 5.41) is 1.23. The van der Waals surface area contributed by atoms with E-state index >= 15 is 0 Å². The van der Waals surface area contributed by atoms with Gasteiger partial charge in [-0.05, 0) is 54.1 Å². The van der Waals surface area contributed by atoms with Gasteiger partial charge in [-0.3, -0.25) is 0 Å². The standard InChI is InChI=1S/C17H17Cl2N/c18-16-6-5-13(9-17(16)19)15-8-11(10-20)7-12-3-1-2-4-14(12)15/h1-6,9,11,15H,7-8,10,20H2/t11?,15-/m0/s1. The topological polar surface area (TPSA) is 26.0 Å². The van der Waals surface area contributed by atoms with Crippen molar-refractivity contribution in [3.05, 3.63) is 69.2 Å². The van der Waals surface area contributed by atoms with Gasteiger partial charge in [0, 0.05) is 5.92 Å². The SMILES string of the molecule is NCC1Cc2ccccc2[C@H](c2ccc(Cl)c(Cl)c2)C1. The first-order valence-corrected chi connectivity index (χ1v) is 7.67. The molecule has 0 heterocycles. The third kappa shape index (κ3) is 2.58. The molecule has 104 valence electrons. The lowest BCUT2D eigenvalue weighted by atomic mass is 9.74. The van der Waals surface area contributed by atoms with Crippen molar-refractivity contribution in [1.82, 2.24) is 0 Å². The number of hydrogen-bond acceptors (Lipinski definition) is 1. The molecular weight excluding hydrogens is 289 g/mol. The predicted octanol–water partition coefficient (Wildman–Crippen LogP) is 4.65. The van der Waals surface area contributed by atoms with Crippen LogP contribution in [0.5, 0.6) is 0 Å². The monoisotopic (exact) mass is 305 g/mol. The van der Waals surface area contributed by atoms with Crippen LogP contribution in [-0.4, -0.2) is 6.54 Å². The highest BCUT2D eigenvalue weighted by Gasteiger charge is 2.27. The minimum Gasteiger partial charge on any atom is -0.330 e. The number of nitrogens with two attached hydrogens (primary N) is 1. The smallest absolute Gasteiger partial charge is 0.0595 e. The fourth-order valence-corrected chi connectivity index (χ4v) is 3.45. The number of hydrogen-bond donors (Lipinski definition) is 1. The third-order valence-electron chi connectivity index (χ3n) is 4.19. The Hall–Kier alpha value is -1.02. The van der Waals surface area contributed by atoms with Gasteiger partial charge >= 0.3 is 0 Å². The first-order chi connectivity index (χ1) is 9.69. The maximum Gasteiger partial charge on any atom is 0.0595 e. The van der Waals surface area contributed by atoms with Crippen molar-refractivity contribution in [1.29, 1.82) is 0 Å². The highest BCUT2D eigenvalue weighted by molar-refractivity contribution is 6.42. The van der Waals surface area contributed by atoms with Gasteiger partial charge in [-0.25, -0.2) is 0 Å². The highest BCUT2D eigenvalue weighted by atomic mass is 35.5. The number of rotatable bonds is 2. The Bertz CT molecular complexity index is 624. The van der Waals surface area contributed by atoms with Crippen molar-refractivity contribution in [2.75, 3.05) is 6.54 Å². The molecule has 2 aromatic rings. The number of halogens is 2. The van der Waals surface area contributed by atoms with Crippen molar-refractivity contribution in [3.8, 4) is 0 Å². The zero-order valence-electron chi connectivity index (χ0n) is 11.2. The molecule has 3 heteroatoms. The average Bonchev–Trinajstić information content (AvgIpc) is 2.49. The number of benzene rings is 2. The van der Waals surface area contributed by atoms with Crippen LogP contribution in [-0.2, 0) is 6.42 Å². The molecule has 1 aliphatic carbocycles. The summed E-state index contributed by atoms with van der Waals surface area (Å²) in [7, 11) is 0. The van der Waals surface area contributed by atoms with Crippen molar-refractivity contribution in [2.45, 2.75) is 18.8 Å². The summed E-state index contributed by atoms with van der Waals surface area (Å²) in [5.41, 5.74) is 9.94. The second kappa shape index (κ2) is 5.77. The molecule has 0 aromatic heterocycles. The van der Waals surface area contributed by atoms with E-state index in [-0.39, 0.29) is 0 Å². The van der Waals surface area contributed by atoms with Crippen LogP contribution in [0.2, 0.25) is 10.0 Å². The van der Waals surface area contributed by atoms with E-state index in [1.165, 1.54) is 16.7 Å². The zero-order valence-corrected chi connectivity index (χ0v) is 12.7. The van der Waals surface area contributed by atoms with Gasteiger partial charge in [0.2, 0.25) is 0 Å². The Labute approximate surface area is 129 Å². The molecule has 0 aliphatic heterocycles. The van der Waals surface area contributed by atoms with E-state index in [2.05, 4.69) is 30.3 Å². The Morgan fingerprint density at radius 2 is 1.85 bits per heavy atom. The number of fused-ring (bicyclic) bond motifs is 1. The molecule has 0 saturated heterocycles. The fraction of sp³-hybridized carbons (Fsp3) is 0.294. The lowest BCUT2D eigenvalue weighted by Crippen LogP contribution is -2.25. The van der Waals surface area contributed by atoms with Gasteiger partial charge in [0.25, 0.3) is 0 Å². The summed E-state index contributed by atoms with van der Waals surface area (Å²) in [6.07, 6.45) is 2.15. The van der Waals surface area contributed by atoms with E-state index in [1.807, 2.05) is 12.1 Å². The summed E-state index contributed by atoms with van der Waals surface area (Å²) in [6, 6.07) is 14.6. The molecule has 3 rings (SSSR count). The fourth-order valence-electron chi connectivity index (χ4n) is 3.14. The molecule has 0 saturated carbocycles. The van der Waals surface area contributed by atoms with Crippen LogP contribution in [0.1, 0.15) is 29.0 Å². The van der Waals surface area contributed by atoms with Crippen LogP contribution in [0.3, 0.4) is 0 Å². The molecule has 0 bridgehead atoms. The van der Waals surface area contributed by atoms with Gasteiger partial charge in [-0.2, -0.15) is 0 Å². The molecule has 2 atom stereocenters. The summed E-state index contributed by atoms with van der Waals surface area (Å²) in [6.45, 7) is 0.728. The minimum atomic E-state index is 0.364. The van der Waals surface area contributed by atoms with Gasteiger partial charge in [-0.1, -0.05) is 53.5 Å². The van der Waals surface area contributed by atoms with Gasteiger partial charge in [0.15, 0.2) is 0 Å². The van der Waals surface area contributed by atoms with Crippen LogP contribution in [0.25, 0.3) is 0 Å². The molecular formula is C17H17Cl2N. The quantitative estimate of drug-likeness (QED) is 0.859. The van der Waals surface area contributed by atoms with E-state index in [9.17, 15) is 0 Å². The van der Waals surface area contributed by atoms with E-state index in [0.29, 0.717) is 21.9 Å². The van der Waals surface area contributed by atoms with Crippen molar-refractivity contribution < 1.29 is 0 Å². The molecule has 20 heavy (non-hydrogen) atoms. The average molecular weight is 306 g/mol. The van der Waals surface area contributed by atoms with Crippen LogP contribution in [0.4, 0.5) is 0 Å². The van der Waals surface area contributed by atoms with Gasteiger partial charge < -0.3 is 5.73 Å². The van der Waals surface area contributed by atoms with Crippen molar-refractivity contribution in [3.63, 3.8) is 0 Å². The molecule has 2 N–H and O–H groups in total. The molecule has 2 aromatic carbocycles. The van der Waals surface area contributed by atoms with Crippen LogP contribution < -0.4 is 5.73 Å². The largest absolute Gasteiger partial charge is 0.330 e. The summed E-state index contributed by atoms with van der Waals surface area (Å²) in [5.74, 6) is 0.896. The van der Waals surface area contributed by atoms with Crippen molar-refractivity contribution >= 4 is 23.2 Å². The second-order valence-corrected chi connectivity index (χ2v) is 6.28. The predicted molar refractivity (Wildman–Crippen MR) is 85.6 cm³/mol. The van der Waals surface area contributed by atoms with Crippen LogP contribution >= 0.6 is 23.2 Å². The van der Waals surface area contributed by atoms with E-state index in [1.54, 1.807) is 0 Å². The Balaban J connectivity index is 2.05. The lowest BCUT2D eigenvalue weighted by molar-refractivity contribution is 0.437. The molecule has 1 nitrogen and oxygen atoms in total. The summed E-state index contributed by atoms with van der Waals surface area (Å²) in [4.78, 5) is 0. The highest BCUT2D eigenvalue weighted by Crippen LogP contribution is 2.40. The van der Waals surface area contributed by atoms with E-state index in [4.69, 9.17) is 28.9 Å². The molecule has 1 unspecified atom stereocenters. The van der Waals surface area contributed by atoms with Gasteiger partial charge in [0.1, 0.15) is 0 Å². The molecule has 1 aliphatic rings. The van der Waals surface area contributed by atoms with Crippen molar-refractivity contribution in [2.24, 2.45) is 11.7 Å². The van der Waals surface area contributed by atoms with Crippen LogP contribution in [0.15, 0.2) is 42.5 Å².